The summed E-state index contributed by atoms with van der Waals surface area (Å²) in [6.45, 7) is 4.51. The Hall–Kier alpha value is 1.67. The second-order valence-corrected chi connectivity index (χ2v) is 17.4. The van der Waals surface area contributed by atoms with Crippen molar-refractivity contribution in [2.75, 3.05) is 0 Å². The number of rotatable bonds is 5. The third-order valence-electron chi connectivity index (χ3n) is 1.46. The molecule has 0 nitrogen and oxygen atoms in total. The molecule has 0 radical (unpaired) electrons. The van der Waals surface area contributed by atoms with Crippen molar-refractivity contribution in [3.05, 3.63) is 0 Å². The summed E-state index contributed by atoms with van der Waals surface area (Å²) in [7, 11) is 15.0. The first kappa shape index (κ1) is 16.1. The minimum absolute atomic E-state index is 1.36. The summed E-state index contributed by atoms with van der Waals surface area (Å²) in [5.41, 5.74) is 0. The van der Waals surface area contributed by atoms with Gasteiger partial charge in [0.15, 0.2) is 0 Å². The van der Waals surface area contributed by atoms with Gasteiger partial charge < -0.3 is 0 Å². The number of unbranched alkanes of at least 4 members (excludes halogenated alkanes) is 5. The van der Waals surface area contributed by atoms with Gasteiger partial charge in [0, 0.05) is 0 Å². The molecule has 0 atom stereocenters. The van der Waals surface area contributed by atoms with Crippen LogP contribution < -0.4 is 0 Å². The zero-order valence-electron chi connectivity index (χ0n) is 7.95. The van der Waals surface area contributed by atoms with E-state index in [2.05, 4.69) is 13.8 Å². The first-order valence-corrected chi connectivity index (χ1v) is 17.1. The van der Waals surface area contributed by atoms with Gasteiger partial charge in [0.1, 0.15) is 0 Å². The maximum absolute atomic E-state index is 5.02. The Kier molecular flexibility index (Phi) is 20.3. The molecule has 0 aromatic heterocycles. The predicted molar refractivity (Wildman–Crippen MR) is 63.8 cm³/mol. The van der Waals surface area contributed by atoms with Crippen LogP contribution in [0.25, 0.3) is 0 Å². The molecule has 4 heteroatoms. The molecule has 0 spiro atoms. The van der Waals surface area contributed by atoms with Crippen molar-refractivity contribution >= 4 is 43.1 Å². The molecule has 0 saturated carbocycles. The van der Waals surface area contributed by atoms with E-state index in [-0.39, 0.29) is 0 Å². The Morgan fingerprint density at radius 3 is 1.17 bits per heavy atom. The summed E-state index contributed by atoms with van der Waals surface area (Å²) < 4.78 is 0. The summed E-state index contributed by atoms with van der Waals surface area (Å²) >= 11 is -2.22. The predicted octanol–water partition coefficient (Wildman–Crippen LogP) is 4.79. The first-order chi connectivity index (χ1) is 5.65. The molecule has 0 aliphatic heterocycles. The van der Waals surface area contributed by atoms with Crippen molar-refractivity contribution in [1.82, 2.24) is 0 Å². The standard InChI is InChI=1S/C8H18.3ClH.Sn.H/c1-3-5-7-8-6-4-2;;;;;/h3-8H2,1-2H3;3*1H;;/q;;;;+3;/p-3. The monoisotopic (exact) mass is 340 g/mol. The molecule has 0 rings (SSSR count). The Bertz CT molecular complexity index is 60.6. The van der Waals surface area contributed by atoms with E-state index in [1.165, 1.54) is 38.5 Å². The van der Waals surface area contributed by atoms with Crippen molar-refractivity contribution in [3.63, 3.8) is 0 Å². The topological polar surface area (TPSA) is 0 Å². The molecule has 0 aromatic carbocycles. The molecule has 0 aliphatic carbocycles. The van der Waals surface area contributed by atoms with Gasteiger partial charge in [-0.1, -0.05) is 52.4 Å². The number of hydrogen-bond acceptors (Lipinski definition) is 0. The van der Waals surface area contributed by atoms with Crippen LogP contribution >= 0.6 is 26.8 Å². The summed E-state index contributed by atoms with van der Waals surface area (Å²) in [6, 6.07) is 0. The van der Waals surface area contributed by atoms with Crippen LogP contribution in [0.1, 0.15) is 52.4 Å². The molecule has 0 heterocycles. The Morgan fingerprint density at radius 1 is 0.750 bits per heavy atom. The second kappa shape index (κ2) is 15.2. The van der Waals surface area contributed by atoms with E-state index >= 15 is 0 Å². The van der Waals surface area contributed by atoms with Crippen LogP contribution in [0, 0.1) is 0 Å². The van der Waals surface area contributed by atoms with Crippen LogP contribution in [0.3, 0.4) is 0 Å². The number of hydrogen-bond donors (Lipinski definition) is 0. The minimum atomic E-state index is -2.22. The van der Waals surface area contributed by atoms with Crippen molar-refractivity contribution in [1.29, 1.82) is 0 Å². The van der Waals surface area contributed by atoms with E-state index in [1.807, 2.05) is 0 Å². The Balaban J connectivity index is 0. The van der Waals surface area contributed by atoms with Crippen molar-refractivity contribution < 1.29 is 0 Å². The van der Waals surface area contributed by atoms with Crippen molar-refractivity contribution in [2.45, 2.75) is 52.4 Å². The zero-order valence-corrected chi connectivity index (χ0v) is 13.5. The first-order valence-electron chi connectivity index (χ1n) is 4.57. The van der Waals surface area contributed by atoms with Gasteiger partial charge in [-0.2, -0.15) is 0 Å². The molecule has 0 fully saturated rings. The molecule has 0 aromatic rings. The SMILES string of the molecule is CCCCCCCC.[Cl][SnH]([Cl])[Cl]. The van der Waals surface area contributed by atoms with E-state index in [4.69, 9.17) is 26.8 Å². The van der Waals surface area contributed by atoms with Crippen LogP contribution in [0.2, 0.25) is 0 Å². The molecule has 0 saturated heterocycles. The summed E-state index contributed by atoms with van der Waals surface area (Å²) in [5.74, 6) is 0. The maximum atomic E-state index is 5.02. The molecule has 0 bridgehead atoms. The fraction of sp³-hybridized carbons (Fsp3) is 1.00. The van der Waals surface area contributed by atoms with Gasteiger partial charge in [-0.25, -0.2) is 0 Å². The van der Waals surface area contributed by atoms with Crippen LogP contribution in [-0.2, 0) is 0 Å². The average Bonchev–Trinajstić information content (AvgIpc) is 1.97. The van der Waals surface area contributed by atoms with Gasteiger partial charge in [0.05, 0.1) is 0 Å². The molecular formula is C8H19Cl3Sn. The molecule has 0 aliphatic rings. The third-order valence-corrected chi connectivity index (χ3v) is 1.46. The van der Waals surface area contributed by atoms with Crippen LogP contribution in [0.15, 0.2) is 0 Å². The van der Waals surface area contributed by atoms with E-state index in [0.717, 1.165) is 0 Å². The quantitative estimate of drug-likeness (QED) is 0.499. The van der Waals surface area contributed by atoms with Crippen LogP contribution in [0.4, 0.5) is 0 Å². The van der Waals surface area contributed by atoms with Crippen LogP contribution in [-0.4, -0.2) is 16.4 Å². The van der Waals surface area contributed by atoms with E-state index < -0.39 is 16.4 Å². The van der Waals surface area contributed by atoms with E-state index in [0.29, 0.717) is 0 Å². The van der Waals surface area contributed by atoms with Gasteiger partial charge in [0.25, 0.3) is 0 Å². The van der Waals surface area contributed by atoms with Gasteiger partial charge in [-0.3, -0.25) is 0 Å². The molecular weight excluding hydrogens is 321 g/mol. The van der Waals surface area contributed by atoms with Gasteiger partial charge in [0.2, 0.25) is 0 Å². The summed E-state index contributed by atoms with van der Waals surface area (Å²) in [4.78, 5) is 0. The Labute approximate surface area is 94.8 Å². The Morgan fingerprint density at radius 2 is 1.00 bits per heavy atom. The fourth-order valence-electron chi connectivity index (χ4n) is 0.854. The van der Waals surface area contributed by atoms with Gasteiger partial charge >= 0.3 is 43.1 Å². The fourth-order valence-corrected chi connectivity index (χ4v) is 0.854. The van der Waals surface area contributed by atoms with Gasteiger partial charge in [-0.15, -0.1) is 0 Å². The van der Waals surface area contributed by atoms with Crippen LogP contribution in [0.5, 0.6) is 0 Å². The molecule has 0 N–H and O–H groups in total. The van der Waals surface area contributed by atoms with E-state index in [1.54, 1.807) is 0 Å². The molecule has 76 valence electrons. The summed E-state index contributed by atoms with van der Waals surface area (Å²) in [6.07, 6.45) is 8.49. The molecule has 0 unspecified atom stereocenters. The summed E-state index contributed by atoms with van der Waals surface area (Å²) in [5, 5.41) is 0. The molecule has 12 heavy (non-hydrogen) atoms. The van der Waals surface area contributed by atoms with E-state index in [9.17, 15) is 0 Å². The van der Waals surface area contributed by atoms with Crippen molar-refractivity contribution in [3.8, 4) is 0 Å². The van der Waals surface area contributed by atoms with Crippen molar-refractivity contribution in [2.24, 2.45) is 0 Å². The second-order valence-electron chi connectivity index (χ2n) is 2.66. The normalized spacial score (nSPS) is 9.50. The van der Waals surface area contributed by atoms with Gasteiger partial charge in [-0.05, 0) is 0 Å². The number of halogens is 3. The molecule has 0 amide bonds. The third kappa shape index (κ3) is 29.9. The zero-order chi connectivity index (χ0) is 9.82. The average molecular weight is 340 g/mol.